The Bertz CT molecular complexity index is 1250. The second-order valence-corrected chi connectivity index (χ2v) is 10.5. The van der Waals surface area contributed by atoms with Crippen molar-refractivity contribution in [3.63, 3.8) is 0 Å². The van der Waals surface area contributed by atoms with Gasteiger partial charge in [0.1, 0.15) is 29.7 Å². The molecule has 6 nitrogen and oxygen atoms in total. The van der Waals surface area contributed by atoms with Crippen LogP contribution in [-0.4, -0.2) is 66.1 Å². The number of allylic oxidation sites excluding steroid dienone is 1. The average molecular weight is 491 g/mol. The number of pyridine rings is 1. The summed E-state index contributed by atoms with van der Waals surface area (Å²) in [5.41, 5.74) is 3.89. The zero-order chi connectivity index (χ0) is 24.9. The number of hydrogen-bond donors (Lipinski definition) is 0. The standard InChI is InChI=1S/C28H32F2N6/c1-19-28(7-3-4-8-28)22-13-21(14-23(29)27(22)33-19)26-24(30)17-36(18-32-26)25-6-5-20(15-31-25)16-35-11-9-34(2)10-12-35/h5-6,13-15,17H,3-4,7-12,16,18H2,1-2H3. The highest BCUT2D eigenvalue weighted by atomic mass is 19.1. The van der Waals surface area contributed by atoms with E-state index in [-0.39, 0.29) is 17.8 Å². The Morgan fingerprint density at radius 1 is 1.03 bits per heavy atom. The molecule has 6 rings (SSSR count). The minimum atomic E-state index is -0.486. The van der Waals surface area contributed by atoms with Crippen molar-refractivity contribution >= 4 is 22.9 Å². The van der Waals surface area contributed by atoms with Crippen molar-refractivity contribution in [3.8, 4) is 0 Å². The fourth-order valence-electron chi connectivity index (χ4n) is 6.07. The average Bonchev–Trinajstić information content (AvgIpc) is 3.48. The molecule has 0 amide bonds. The van der Waals surface area contributed by atoms with Crippen LogP contribution in [0.2, 0.25) is 0 Å². The van der Waals surface area contributed by atoms with Crippen LogP contribution in [0.4, 0.5) is 20.3 Å². The third kappa shape index (κ3) is 4.06. The summed E-state index contributed by atoms with van der Waals surface area (Å²) >= 11 is 0. The predicted molar refractivity (Wildman–Crippen MR) is 139 cm³/mol. The molecular weight excluding hydrogens is 458 g/mol. The van der Waals surface area contributed by atoms with Gasteiger partial charge in [-0.1, -0.05) is 18.9 Å². The molecular formula is C28H32F2N6. The first-order valence-corrected chi connectivity index (χ1v) is 12.9. The van der Waals surface area contributed by atoms with Crippen LogP contribution < -0.4 is 4.90 Å². The van der Waals surface area contributed by atoms with Gasteiger partial charge in [-0.05, 0) is 56.1 Å². The first-order chi connectivity index (χ1) is 17.4. The fourth-order valence-corrected chi connectivity index (χ4v) is 6.07. The molecule has 2 aromatic rings. The number of piperazine rings is 1. The molecule has 1 saturated heterocycles. The zero-order valence-electron chi connectivity index (χ0n) is 21.0. The Morgan fingerprint density at radius 2 is 1.81 bits per heavy atom. The molecule has 0 N–H and O–H groups in total. The predicted octanol–water partition coefficient (Wildman–Crippen LogP) is 4.96. The van der Waals surface area contributed by atoms with E-state index in [0.717, 1.165) is 75.2 Å². The van der Waals surface area contributed by atoms with Gasteiger partial charge in [0.15, 0.2) is 5.83 Å². The molecule has 1 aromatic carbocycles. The van der Waals surface area contributed by atoms with Gasteiger partial charge in [-0.15, -0.1) is 0 Å². The Labute approximate surface area is 211 Å². The van der Waals surface area contributed by atoms with Gasteiger partial charge in [-0.25, -0.2) is 13.8 Å². The van der Waals surface area contributed by atoms with E-state index >= 15 is 8.78 Å². The van der Waals surface area contributed by atoms with E-state index in [2.05, 4.69) is 31.8 Å². The lowest BCUT2D eigenvalue weighted by Gasteiger charge is -2.32. The summed E-state index contributed by atoms with van der Waals surface area (Å²) in [6.45, 7) is 7.33. The molecule has 1 aliphatic carbocycles. The minimum absolute atomic E-state index is 0.192. The van der Waals surface area contributed by atoms with Gasteiger partial charge in [0.2, 0.25) is 0 Å². The van der Waals surface area contributed by atoms with Gasteiger partial charge in [0, 0.05) is 61.8 Å². The third-order valence-corrected chi connectivity index (χ3v) is 8.26. The van der Waals surface area contributed by atoms with Crippen LogP contribution in [0.3, 0.4) is 0 Å². The van der Waals surface area contributed by atoms with Crippen molar-refractivity contribution in [1.29, 1.82) is 0 Å². The van der Waals surface area contributed by atoms with Crippen molar-refractivity contribution in [2.45, 2.75) is 44.6 Å². The van der Waals surface area contributed by atoms with E-state index in [1.165, 1.54) is 12.3 Å². The monoisotopic (exact) mass is 490 g/mol. The second kappa shape index (κ2) is 9.16. The van der Waals surface area contributed by atoms with Crippen LogP contribution in [0.25, 0.3) is 0 Å². The fraction of sp³-hybridized carbons (Fsp3) is 0.464. The van der Waals surface area contributed by atoms with Crippen LogP contribution >= 0.6 is 0 Å². The summed E-state index contributed by atoms with van der Waals surface area (Å²) in [6, 6.07) is 7.24. The first kappa shape index (κ1) is 23.4. The van der Waals surface area contributed by atoms with Crippen LogP contribution in [0.5, 0.6) is 0 Å². The molecule has 1 aromatic heterocycles. The Hall–Kier alpha value is -2.97. The lowest BCUT2D eigenvalue weighted by atomic mass is 9.76. The smallest absolute Gasteiger partial charge is 0.165 e. The molecule has 2 fully saturated rings. The first-order valence-electron chi connectivity index (χ1n) is 12.9. The highest BCUT2D eigenvalue weighted by molar-refractivity contribution is 6.13. The topological polar surface area (TPSA) is 47.3 Å². The molecule has 4 aliphatic rings. The number of fused-ring (bicyclic) bond motifs is 2. The molecule has 0 bridgehead atoms. The van der Waals surface area contributed by atoms with Crippen LogP contribution in [0.15, 0.2) is 52.5 Å². The van der Waals surface area contributed by atoms with E-state index in [1.54, 1.807) is 4.90 Å². The summed E-state index contributed by atoms with van der Waals surface area (Å²) in [4.78, 5) is 20.1. The molecule has 8 heteroatoms. The maximum Gasteiger partial charge on any atom is 0.165 e. The highest BCUT2D eigenvalue weighted by Crippen LogP contribution is 2.51. The number of hydrogen-bond acceptors (Lipinski definition) is 6. The van der Waals surface area contributed by atoms with Crippen LogP contribution in [0.1, 0.15) is 49.3 Å². The van der Waals surface area contributed by atoms with Crippen molar-refractivity contribution < 1.29 is 8.78 Å². The molecule has 4 heterocycles. The number of nitrogens with zero attached hydrogens (tertiary/aromatic N) is 6. The minimum Gasteiger partial charge on any atom is -0.310 e. The van der Waals surface area contributed by atoms with Gasteiger partial charge in [-0.3, -0.25) is 14.9 Å². The van der Waals surface area contributed by atoms with Crippen molar-refractivity contribution in [3.05, 3.63) is 65.0 Å². The van der Waals surface area contributed by atoms with Crippen molar-refractivity contribution in [2.75, 3.05) is 44.8 Å². The number of aromatic nitrogens is 1. The lowest BCUT2D eigenvalue weighted by molar-refractivity contribution is 0.148. The number of likely N-dealkylation sites (N-methyl/N-ethyl adjacent to an activating group) is 1. The van der Waals surface area contributed by atoms with Gasteiger partial charge < -0.3 is 9.80 Å². The maximum absolute atomic E-state index is 15.3. The number of halogens is 2. The molecule has 188 valence electrons. The number of benzene rings is 1. The summed E-state index contributed by atoms with van der Waals surface area (Å²) in [7, 11) is 2.15. The van der Waals surface area contributed by atoms with Gasteiger partial charge in [0.25, 0.3) is 0 Å². The van der Waals surface area contributed by atoms with Crippen molar-refractivity contribution in [1.82, 2.24) is 14.8 Å². The van der Waals surface area contributed by atoms with Gasteiger partial charge in [0.05, 0.1) is 0 Å². The van der Waals surface area contributed by atoms with E-state index in [9.17, 15) is 0 Å². The van der Waals surface area contributed by atoms with Crippen LogP contribution in [0, 0.1) is 5.82 Å². The quantitative estimate of drug-likeness (QED) is 0.608. The normalized spacial score (nSPS) is 22.0. The third-order valence-electron chi connectivity index (χ3n) is 8.26. The number of anilines is 1. The van der Waals surface area contributed by atoms with Gasteiger partial charge >= 0.3 is 0 Å². The van der Waals surface area contributed by atoms with E-state index < -0.39 is 11.6 Å². The van der Waals surface area contributed by atoms with E-state index in [4.69, 9.17) is 0 Å². The van der Waals surface area contributed by atoms with E-state index in [1.807, 2.05) is 31.3 Å². The molecule has 3 aliphatic heterocycles. The maximum atomic E-state index is 15.3. The molecule has 1 saturated carbocycles. The lowest BCUT2D eigenvalue weighted by Crippen LogP contribution is -2.43. The number of aliphatic imine (C=N–C) groups is 2. The molecule has 36 heavy (non-hydrogen) atoms. The number of rotatable bonds is 4. The molecule has 0 unspecified atom stereocenters. The Balaban J connectivity index is 1.19. The Morgan fingerprint density at radius 3 is 2.50 bits per heavy atom. The van der Waals surface area contributed by atoms with E-state index in [0.29, 0.717) is 17.1 Å². The molecule has 0 radical (unpaired) electrons. The molecule has 1 spiro atoms. The van der Waals surface area contributed by atoms with Crippen molar-refractivity contribution in [2.24, 2.45) is 9.98 Å². The van der Waals surface area contributed by atoms with Crippen LogP contribution in [-0.2, 0) is 12.0 Å². The summed E-state index contributed by atoms with van der Waals surface area (Å²) in [6.07, 6.45) is 7.41. The summed E-state index contributed by atoms with van der Waals surface area (Å²) < 4.78 is 30.4. The van der Waals surface area contributed by atoms with Gasteiger partial charge in [-0.2, -0.15) is 0 Å². The summed E-state index contributed by atoms with van der Waals surface area (Å²) in [5, 5.41) is 0. The molecule has 0 atom stereocenters. The summed E-state index contributed by atoms with van der Waals surface area (Å²) in [5.74, 6) is -0.245. The SMILES string of the molecule is CC1=Nc2c(F)cc(C3=NCN(c4ccc(CN5CCN(C)CC5)cn4)C=C3F)cc2C12CCCC2. The Kier molecular flexibility index (Phi) is 5.96. The highest BCUT2D eigenvalue weighted by Gasteiger charge is 2.44. The second-order valence-electron chi connectivity index (χ2n) is 10.5. The zero-order valence-corrected chi connectivity index (χ0v) is 21.0. The largest absolute Gasteiger partial charge is 0.310 e.